The second kappa shape index (κ2) is 4.61. The van der Waals surface area contributed by atoms with E-state index in [1.54, 1.807) is 6.26 Å². The summed E-state index contributed by atoms with van der Waals surface area (Å²) < 4.78 is 5.43. The van der Waals surface area contributed by atoms with E-state index < -0.39 is 0 Å². The topological polar surface area (TPSA) is 55.3 Å². The first-order chi connectivity index (χ1) is 8.75. The number of aromatic nitrogens is 1. The fourth-order valence-corrected chi connectivity index (χ4v) is 2.82. The molecule has 18 heavy (non-hydrogen) atoms. The summed E-state index contributed by atoms with van der Waals surface area (Å²) in [6.07, 6.45) is 8.04. The third kappa shape index (κ3) is 1.97. The highest BCUT2D eigenvalue weighted by molar-refractivity contribution is 5.88. The fraction of sp³-hybridized carbons (Fsp3) is 0.500. The molecule has 2 N–H and O–H groups in total. The van der Waals surface area contributed by atoms with E-state index in [0.717, 1.165) is 42.5 Å². The van der Waals surface area contributed by atoms with E-state index >= 15 is 0 Å². The molecule has 0 aromatic carbocycles. The molecular formula is C14H19N3O. The van der Waals surface area contributed by atoms with Crippen molar-refractivity contribution in [3.63, 3.8) is 0 Å². The molecule has 0 spiro atoms. The molecule has 2 aromatic heterocycles. The molecule has 2 aromatic rings. The number of furan rings is 1. The number of hydrogen-bond acceptors (Lipinski definition) is 4. The van der Waals surface area contributed by atoms with Gasteiger partial charge in [0.15, 0.2) is 0 Å². The molecule has 0 unspecified atom stereocenters. The van der Waals surface area contributed by atoms with Gasteiger partial charge in [0.2, 0.25) is 0 Å². The van der Waals surface area contributed by atoms with E-state index in [-0.39, 0.29) is 0 Å². The predicted octanol–water partition coefficient (Wildman–Crippen LogP) is 2.53. The molecule has 0 bridgehead atoms. The SMILES string of the molecule is CN(c1nccc2occc12)C1CCC(N)CC1. The number of rotatable bonds is 2. The van der Waals surface area contributed by atoms with E-state index in [1.165, 1.54) is 0 Å². The molecule has 0 amide bonds. The van der Waals surface area contributed by atoms with Crippen LogP contribution in [0.25, 0.3) is 11.0 Å². The van der Waals surface area contributed by atoms with Gasteiger partial charge in [0.25, 0.3) is 0 Å². The van der Waals surface area contributed by atoms with Crippen LogP contribution in [0.5, 0.6) is 0 Å². The van der Waals surface area contributed by atoms with Crippen LogP contribution in [0.1, 0.15) is 25.7 Å². The van der Waals surface area contributed by atoms with Crippen LogP contribution in [0.3, 0.4) is 0 Å². The van der Waals surface area contributed by atoms with Crippen molar-refractivity contribution in [3.05, 3.63) is 24.6 Å². The van der Waals surface area contributed by atoms with Gasteiger partial charge in [-0.3, -0.25) is 0 Å². The van der Waals surface area contributed by atoms with E-state index in [4.69, 9.17) is 10.2 Å². The van der Waals surface area contributed by atoms with Gasteiger partial charge in [-0.05, 0) is 37.8 Å². The predicted molar refractivity (Wildman–Crippen MR) is 72.6 cm³/mol. The number of nitrogens with zero attached hydrogens (tertiary/aromatic N) is 2. The third-order valence-corrected chi connectivity index (χ3v) is 3.98. The summed E-state index contributed by atoms with van der Waals surface area (Å²) in [5.41, 5.74) is 6.86. The van der Waals surface area contributed by atoms with E-state index in [9.17, 15) is 0 Å². The third-order valence-electron chi connectivity index (χ3n) is 3.98. The lowest BCUT2D eigenvalue weighted by molar-refractivity contribution is 0.384. The van der Waals surface area contributed by atoms with Crippen LogP contribution in [0.4, 0.5) is 5.82 Å². The molecule has 96 valence electrons. The number of fused-ring (bicyclic) bond motifs is 1. The lowest BCUT2D eigenvalue weighted by Gasteiger charge is -2.34. The minimum absolute atomic E-state index is 0.382. The van der Waals surface area contributed by atoms with Crippen molar-refractivity contribution in [2.45, 2.75) is 37.8 Å². The van der Waals surface area contributed by atoms with Crippen LogP contribution in [-0.2, 0) is 0 Å². The summed E-state index contributed by atoms with van der Waals surface area (Å²) in [5, 5.41) is 1.09. The first-order valence-electron chi connectivity index (χ1n) is 6.56. The molecule has 2 heterocycles. The maximum absolute atomic E-state index is 5.96. The van der Waals surface area contributed by atoms with Gasteiger partial charge in [-0.15, -0.1) is 0 Å². The highest BCUT2D eigenvalue weighted by Crippen LogP contribution is 2.29. The lowest BCUT2D eigenvalue weighted by Crippen LogP contribution is -2.39. The Labute approximate surface area is 107 Å². The Morgan fingerprint density at radius 3 is 2.83 bits per heavy atom. The van der Waals surface area contributed by atoms with E-state index in [2.05, 4.69) is 16.9 Å². The number of nitrogens with two attached hydrogens (primary N) is 1. The summed E-state index contributed by atoms with van der Waals surface area (Å²) in [7, 11) is 2.12. The van der Waals surface area contributed by atoms with Gasteiger partial charge in [-0.25, -0.2) is 4.98 Å². The van der Waals surface area contributed by atoms with E-state index in [1.807, 2.05) is 18.3 Å². The molecule has 3 rings (SSSR count). The zero-order valence-electron chi connectivity index (χ0n) is 10.7. The van der Waals surface area contributed by atoms with Crippen LogP contribution in [0, 0.1) is 0 Å². The second-order valence-corrected chi connectivity index (χ2v) is 5.15. The monoisotopic (exact) mass is 245 g/mol. The highest BCUT2D eigenvalue weighted by atomic mass is 16.3. The maximum atomic E-state index is 5.96. The molecule has 0 atom stereocenters. The van der Waals surface area contributed by atoms with Crippen molar-refractivity contribution in [2.24, 2.45) is 5.73 Å². The Hall–Kier alpha value is -1.55. The van der Waals surface area contributed by atoms with Crippen molar-refractivity contribution in [2.75, 3.05) is 11.9 Å². The summed E-state index contributed by atoms with van der Waals surface area (Å²) in [4.78, 5) is 6.79. The first-order valence-corrected chi connectivity index (χ1v) is 6.56. The Kier molecular flexibility index (Phi) is 2.96. The van der Waals surface area contributed by atoms with Crippen LogP contribution < -0.4 is 10.6 Å². The molecular weight excluding hydrogens is 226 g/mol. The van der Waals surface area contributed by atoms with Gasteiger partial charge in [0.05, 0.1) is 11.6 Å². The van der Waals surface area contributed by atoms with Gasteiger partial charge in [-0.1, -0.05) is 0 Å². The second-order valence-electron chi connectivity index (χ2n) is 5.15. The van der Waals surface area contributed by atoms with Gasteiger partial charge in [-0.2, -0.15) is 0 Å². The first kappa shape index (κ1) is 11.5. The van der Waals surface area contributed by atoms with Crippen molar-refractivity contribution in [1.82, 2.24) is 4.98 Å². The number of anilines is 1. The Bertz CT molecular complexity index is 529. The fourth-order valence-electron chi connectivity index (χ4n) is 2.82. The van der Waals surface area contributed by atoms with Gasteiger partial charge in [0, 0.05) is 25.3 Å². The Morgan fingerprint density at radius 1 is 1.28 bits per heavy atom. The van der Waals surface area contributed by atoms with Crippen LogP contribution in [0.15, 0.2) is 29.0 Å². The average molecular weight is 245 g/mol. The zero-order chi connectivity index (χ0) is 12.5. The molecule has 0 radical (unpaired) electrons. The van der Waals surface area contributed by atoms with Crippen molar-refractivity contribution < 1.29 is 4.42 Å². The standard InChI is InChI=1S/C14H19N3O/c1-17(11-4-2-10(15)3-5-11)14-12-7-9-18-13(12)6-8-16-14/h6-11H,2-5,15H2,1H3. The molecule has 0 saturated heterocycles. The largest absolute Gasteiger partial charge is 0.464 e. The molecule has 4 heteroatoms. The lowest BCUT2D eigenvalue weighted by atomic mass is 9.91. The minimum Gasteiger partial charge on any atom is -0.464 e. The summed E-state index contributed by atoms with van der Waals surface area (Å²) in [5.74, 6) is 1.02. The van der Waals surface area contributed by atoms with Crippen molar-refractivity contribution in [1.29, 1.82) is 0 Å². The van der Waals surface area contributed by atoms with Gasteiger partial charge < -0.3 is 15.1 Å². The Morgan fingerprint density at radius 2 is 2.06 bits per heavy atom. The molecule has 1 aliphatic carbocycles. The number of pyridine rings is 1. The smallest absolute Gasteiger partial charge is 0.139 e. The van der Waals surface area contributed by atoms with Crippen molar-refractivity contribution in [3.8, 4) is 0 Å². The summed E-state index contributed by atoms with van der Waals surface area (Å²) in [6, 6.07) is 4.82. The molecule has 4 nitrogen and oxygen atoms in total. The zero-order valence-corrected chi connectivity index (χ0v) is 10.7. The Balaban J connectivity index is 1.87. The van der Waals surface area contributed by atoms with Gasteiger partial charge in [0.1, 0.15) is 11.4 Å². The minimum atomic E-state index is 0.382. The normalized spacial score (nSPS) is 24.3. The summed E-state index contributed by atoms with van der Waals surface area (Å²) >= 11 is 0. The summed E-state index contributed by atoms with van der Waals surface area (Å²) in [6.45, 7) is 0. The molecule has 0 aliphatic heterocycles. The molecule has 1 saturated carbocycles. The van der Waals surface area contributed by atoms with Crippen LogP contribution >= 0.6 is 0 Å². The molecule has 1 aliphatic rings. The molecule has 1 fully saturated rings. The van der Waals surface area contributed by atoms with Crippen LogP contribution in [-0.4, -0.2) is 24.1 Å². The van der Waals surface area contributed by atoms with Crippen molar-refractivity contribution >= 4 is 16.8 Å². The maximum Gasteiger partial charge on any atom is 0.139 e. The van der Waals surface area contributed by atoms with Gasteiger partial charge >= 0.3 is 0 Å². The van der Waals surface area contributed by atoms with Crippen LogP contribution in [0.2, 0.25) is 0 Å². The quantitative estimate of drug-likeness (QED) is 0.883. The highest BCUT2D eigenvalue weighted by Gasteiger charge is 2.24. The van der Waals surface area contributed by atoms with E-state index in [0.29, 0.717) is 12.1 Å². The number of hydrogen-bond donors (Lipinski definition) is 1. The average Bonchev–Trinajstić information content (AvgIpc) is 2.87.